The molecule has 4 rings (SSSR count). The molecule has 0 aliphatic heterocycles. The maximum Gasteiger partial charge on any atom is 0.264 e. The number of sulfonamides is 1. The third-order valence-corrected chi connectivity index (χ3v) is 10.1. The van der Waals surface area contributed by atoms with Gasteiger partial charge in [-0.1, -0.05) is 91.1 Å². The molecule has 4 aromatic rings. The Balaban J connectivity index is 1.83. The molecule has 8 nitrogen and oxygen atoms in total. The first-order valence-corrected chi connectivity index (χ1v) is 17.4. The molecule has 4 aromatic carbocycles. The van der Waals surface area contributed by atoms with Gasteiger partial charge in [-0.2, -0.15) is 0 Å². The number of nitrogens with zero attached hydrogens (tertiary/aromatic N) is 2. The molecule has 0 aliphatic carbocycles. The van der Waals surface area contributed by atoms with Crippen molar-refractivity contribution in [3.8, 4) is 5.75 Å². The van der Waals surface area contributed by atoms with Gasteiger partial charge in [0.15, 0.2) is 0 Å². The van der Waals surface area contributed by atoms with Gasteiger partial charge in [0.1, 0.15) is 18.3 Å². The average molecular weight is 717 g/mol. The lowest BCUT2D eigenvalue weighted by molar-refractivity contribution is -0.140. The van der Waals surface area contributed by atoms with E-state index in [9.17, 15) is 18.0 Å². The summed E-state index contributed by atoms with van der Waals surface area (Å²) < 4.78 is 34.6. The van der Waals surface area contributed by atoms with Crippen LogP contribution in [0.5, 0.6) is 5.75 Å². The van der Waals surface area contributed by atoms with Crippen molar-refractivity contribution in [1.29, 1.82) is 0 Å². The summed E-state index contributed by atoms with van der Waals surface area (Å²) in [6, 6.07) is 25.2. The normalized spacial score (nSPS) is 12.0. The predicted molar refractivity (Wildman–Crippen MR) is 188 cm³/mol. The molecule has 0 fully saturated rings. The summed E-state index contributed by atoms with van der Waals surface area (Å²) in [5.41, 5.74) is 1.39. The molecule has 47 heavy (non-hydrogen) atoms. The van der Waals surface area contributed by atoms with Gasteiger partial charge in [-0.25, -0.2) is 8.42 Å². The molecule has 0 saturated heterocycles. The van der Waals surface area contributed by atoms with Crippen molar-refractivity contribution in [2.75, 3.05) is 24.5 Å². The van der Waals surface area contributed by atoms with E-state index < -0.39 is 34.4 Å². The van der Waals surface area contributed by atoms with E-state index in [4.69, 9.17) is 39.5 Å². The second-order valence-corrected chi connectivity index (χ2v) is 14.3. The number of carbonyl (C=O) groups is 2. The largest absolute Gasteiger partial charge is 0.497 e. The molecule has 0 spiro atoms. The fourth-order valence-corrected chi connectivity index (χ4v) is 6.97. The van der Waals surface area contributed by atoms with E-state index in [1.165, 1.54) is 42.3 Å². The first-order chi connectivity index (χ1) is 22.4. The monoisotopic (exact) mass is 715 g/mol. The Kier molecular flexibility index (Phi) is 12.6. The Hall–Kier alpha value is -3.76. The van der Waals surface area contributed by atoms with Crippen LogP contribution in [0.2, 0.25) is 15.1 Å². The molecule has 2 amide bonds. The number of anilines is 1. The minimum atomic E-state index is -4.32. The minimum absolute atomic E-state index is 0.0673. The first-order valence-electron chi connectivity index (χ1n) is 14.9. The summed E-state index contributed by atoms with van der Waals surface area (Å²) >= 11 is 19.4. The van der Waals surface area contributed by atoms with Crippen molar-refractivity contribution in [2.24, 2.45) is 5.92 Å². The number of methoxy groups -OCH3 is 1. The van der Waals surface area contributed by atoms with Gasteiger partial charge in [0.05, 0.1) is 17.7 Å². The highest BCUT2D eigenvalue weighted by molar-refractivity contribution is 7.92. The molecule has 12 heteroatoms. The van der Waals surface area contributed by atoms with Crippen molar-refractivity contribution in [3.63, 3.8) is 0 Å². The fourth-order valence-electron chi connectivity index (χ4n) is 4.87. The SMILES string of the molecule is COc1ccc(S(=O)(=O)N(CC(=O)N(Cc2c(Cl)cccc2Cl)[C@@H](Cc2ccccc2)C(=O)NCC(C)C)c2cccc(Cl)c2)cc1. The molecule has 0 aromatic heterocycles. The Bertz CT molecular complexity index is 1770. The molecule has 0 aliphatic rings. The van der Waals surface area contributed by atoms with Crippen LogP contribution < -0.4 is 14.4 Å². The number of carbonyl (C=O) groups excluding carboxylic acids is 2. The summed E-state index contributed by atoms with van der Waals surface area (Å²) in [5, 5.41) is 3.83. The Morgan fingerprint density at radius 1 is 0.851 bits per heavy atom. The molecule has 248 valence electrons. The van der Waals surface area contributed by atoms with Crippen molar-refractivity contribution < 1.29 is 22.7 Å². The summed E-state index contributed by atoms with van der Waals surface area (Å²) in [4.78, 5) is 29.8. The van der Waals surface area contributed by atoms with Crippen LogP contribution in [0.15, 0.2) is 102 Å². The van der Waals surface area contributed by atoms with E-state index in [0.717, 1.165) is 9.87 Å². The number of hydrogen-bond acceptors (Lipinski definition) is 5. The van der Waals surface area contributed by atoms with Crippen LogP contribution >= 0.6 is 34.8 Å². The van der Waals surface area contributed by atoms with Gasteiger partial charge in [-0.3, -0.25) is 13.9 Å². The van der Waals surface area contributed by atoms with Crippen molar-refractivity contribution in [2.45, 2.75) is 37.8 Å². The van der Waals surface area contributed by atoms with E-state index in [-0.39, 0.29) is 34.5 Å². The highest BCUT2D eigenvalue weighted by Crippen LogP contribution is 2.30. The van der Waals surface area contributed by atoms with Crippen LogP contribution in [-0.4, -0.2) is 51.4 Å². The maximum absolute atomic E-state index is 14.6. The van der Waals surface area contributed by atoms with E-state index in [1.807, 2.05) is 44.2 Å². The van der Waals surface area contributed by atoms with E-state index in [1.54, 1.807) is 36.4 Å². The van der Waals surface area contributed by atoms with Crippen LogP contribution in [0.1, 0.15) is 25.0 Å². The van der Waals surface area contributed by atoms with Gasteiger partial charge < -0.3 is 15.0 Å². The van der Waals surface area contributed by atoms with Crippen LogP contribution in [0.4, 0.5) is 5.69 Å². The number of halogens is 3. The van der Waals surface area contributed by atoms with Gasteiger partial charge in [0, 0.05) is 40.1 Å². The smallest absolute Gasteiger partial charge is 0.264 e. The summed E-state index contributed by atoms with van der Waals surface area (Å²) in [7, 11) is -2.85. The minimum Gasteiger partial charge on any atom is -0.497 e. The van der Waals surface area contributed by atoms with Crippen molar-refractivity contribution in [1.82, 2.24) is 10.2 Å². The van der Waals surface area contributed by atoms with Crippen LogP contribution in [0.3, 0.4) is 0 Å². The Morgan fingerprint density at radius 3 is 2.09 bits per heavy atom. The van der Waals surface area contributed by atoms with E-state index in [0.29, 0.717) is 27.9 Å². The lowest BCUT2D eigenvalue weighted by atomic mass is 10.0. The van der Waals surface area contributed by atoms with Crippen LogP contribution in [0.25, 0.3) is 0 Å². The Morgan fingerprint density at radius 2 is 1.49 bits per heavy atom. The molecule has 0 bridgehead atoms. The second kappa shape index (κ2) is 16.4. The standard InChI is InChI=1S/C35H36Cl3N3O5S/c1-24(2)21-39-35(43)33(19-25-9-5-4-6-10-25)40(22-30-31(37)13-8-14-32(30)38)34(42)23-41(27-12-7-11-26(36)20-27)47(44,45)29-17-15-28(46-3)16-18-29/h4-18,20,24,33H,19,21-23H2,1-3H3,(H,39,43)/t33-/m0/s1. The van der Waals surface area contributed by atoms with Crippen LogP contribution in [-0.2, 0) is 32.6 Å². The average Bonchev–Trinajstić information content (AvgIpc) is 3.05. The molecular weight excluding hydrogens is 681 g/mol. The van der Waals surface area contributed by atoms with Crippen LogP contribution in [0, 0.1) is 5.92 Å². The van der Waals surface area contributed by atoms with Gasteiger partial charge in [0.2, 0.25) is 11.8 Å². The highest BCUT2D eigenvalue weighted by Gasteiger charge is 2.35. The molecule has 0 unspecified atom stereocenters. The highest BCUT2D eigenvalue weighted by atomic mass is 35.5. The quantitative estimate of drug-likeness (QED) is 0.148. The zero-order valence-corrected chi connectivity index (χ0v) is 29.3. The summed E-state index contributed by atoms with van der Waals surface area (Å²) in [6.45, 7) is 3.49. The zero-order chi connectivity index (χ0) is 34.1. The van der Waals surface area contributed by atoms with Gasteiger partial charge in [-0.15, -0.1) is 0 Å². The maximum atomic E-state index is 14.6. The Labute approximate surface area is 291 Å². The molecule has 0 heterocycles. The summed E-state index contributed by atoms with van der Waals surface area (Å²) in [6.07, 6.45) is 0.154. The molecular formula is C35H36Cl3N3O5S. The topological polar surface area (TPSA) is 96.0 Å². The van der Waals surface area contributed by atoms with E-state index in [2.05, 4.69) is 5.32 Å². The number of benzene rings is 4. The zero-order valence-electron chi connectivity index (χ0n) is 26.2. The number of amides is 2. The summed E-state index contributed by atoms with van der Waals surface area (Å²) in [5.74, 6) is -0.440. The third-order valence-electron chi connectivity index (χ3n) is 7.37. The predicted octanol–water partition coefficient (Wildman–Crippen LogP) is 7.26. The molecule has 0 saturated carbocycles. The second-order valence-electron chi connectivity index (χ2n) is 11.2. The number of ether oxygens (including phenoxy) is 1. The first kappa shape index (κ1) is 36.1. The molecule has 1 atom stereocenters. The van der Waals surface area contributed by atoms with Gasteiger partial charge in [0.25, 0.3) is 10.0 Å². The van der Waals surface area contributed by atoms with Gasteiger partial charge >= 0.3 is 0 Å². The van der Waals surface area contributed by atoms with Gasteiger partial charge in [-0.05, 0) is 66.1 Å². The van der Waals surface area contributed by atoms with Crippen molar-refractivity contribution >= 4 is 62.3 Å². The third kappa shape index (κ3) is 9.41. The molecule has 1 N–H and O–H groups in total. The fraction of sp³-hybridized carbons (Fsp3) is 0.257. The van der Waals surface area contributed by atoms with E-state index >= 15 is 0 Å². The lowest BCUT2D eigenvalue weighted by Gasteiger charge is -2.34. The number of rotatable bonds is 14. The molecule has 0 radical (unpaired) electrons. The van der Waals surface area contributed by atoms with Crippen molar-refractivity contribution in [3.05, 3.63) is 123 Å². The lowest BCUT2D eigenvalue weighted by Crippen LogP contribution is -2.53. The number of hydrogen-bond donors (Lipinski definition) is 1. The number of nitrogens with one attached hydrogen (secondary N) is 1.